The van der Waals surface area contributed by atoms with Gasteiger partial charge in [0, 0.05) is 49.1 Å². The highest BCUT2D eigenvalue weighted by atomic mass is 35.5. The fourth-order valence-corrected chi connectivity index (χ4v) is 4.16. The second kappa shape index (κ2) is 10.4. The van der Waals surface area contributed by atoms with Crippen molar-refractivity contribution in [3.8, 4) is 11.5 Å². The van der Waals surface area contributed by atoms with Crippen molar-refractivity contribution in [3.63, 3.8) is 0 Å². The van der Waals surface area contributed by atoms with Crippen LogP contribution in [0.3, 0.4) is 0 Å². The SMILES string of the molecule is CN1CCN(/C=C2\C=CC(NC(=O)c3ccc(Cl)c(C#C[Si](C)(C)C)c3)C=C2C(F)(F)F)CC1. The molecular formula is C25H29ClF3N3OSi. The lowest BCUT2D eigenvalue weighted by Crippen LogP contribution is -2.42. The molecule has 0 bridgehead atoms. The maximum atomic E-state index is 13.8. The van der Waals surface area contributed by atoms with Gasteiger partial charge in [-0.2, -0.15) is 13.2 Å². The fraction of sp³-hybridized carbons (Fsp3) is 0.400. The van der Waals surface area contributed by atoms with Gasteiger partial charge in [-0.1, -0.05) is 49.3 Å². The number of nitrogens with one attached hydrogen (secondary N) is 1. The number of carbonyl (C=O) groups excluding carboxylic acids is 1. The molecule has 34 heavy (non-hydrogen) atoms. The Labute approximate surface area is 205 Å². The zero-order chi connectivity index (χ0) is 25.1. The number of allylic oxidation sites excluding steroid dienone is 3. The minimum absolute atomic E-state index is 0.0953. The van der Waals surface area contributed by atoms with Crippen LogP contribution in [0.2, 0.25) is 24.7 Å². The molecule has 1 unspecified atom stereocenters. The van der Waals surface area contributed by atoms with Crippen molar-refractivity contribution in [2.24, 2.45) is 0 Å². The van der Waals surface area contributed by atoms with Crippen LogP contribution in [0.15, 0.2) is 53.8 Å². The molecule has 1 fully saturated rings. The molecule has 0 saturated carbocycles. The van der Waals surface area contributed by atoms with Crippen LogP contribution < -0.4 is 5.32 Å². The maximum Gasteiger partial charge on any atom is 0.416 e. The Morgan fingerprint density at radius 2 is 1.88 bits per heavy atom. The van der Waals surface area contributed by atoms with Gasteiger partial charge in [0.2, 0.25) is 0 Å². The van der Waals surface area contributed by atoms with E-state index in [0.29, 0.717) is 29.2 Å². The summed E-state index contributed by atoms with van der Waals surface area (Å²) in [5.74, 6) is 2.54. The van der Waals surface area contributed by atoms with E-state index in [0.717, 1.165) is 19.2 Å². The number of halogens is 4. The molecule has 1 N–H and O–H groups in total. The zero-order valence-electron chi connectivity index (χ0n) is 19.8. The summed E-state index contributed by atoms with van der Waals surface area (Å²) in [6.45, 7) is 9.20. The summed E-state index contributed by atoms with van der Waals surface area (Å²) < 4.78 is 41.4. The molecule has 1 amide bonds. The third-order valence-corrected chi connectivity index (χ3v) is 6.61. The molecule has 1 aliphatic heterocycles. The predicted molar refractivity (Wildman–Crippen MR) is 133 cm³/mol. The number of piperazine rings is 1. The second-order valence-electron chi connectivity index (χ2n) is 9.55. The Morgan fingerprint density at radius 3 is 2.50 bits per heavy atom. The number of rotatable bonds is 3. The standard InChI is InChI=1S/C25H29ClF3N3OSi/c1-31-10-12-32(13-11-31)17-20-5-7-21(16-22(20)25(27,28)29)30-24(33)19-6-8-23(26)18(15-19)9-14-34(2,3)4/h5-8,15-17,21H,10-13H2,1-4H3,(H,30,33)/b20-17+. The van der Waals surface area contributed by atoms with Crippen LogP contribution in [-0.4, -0.2) is 69.2 Å². The smallest absolute Gasteiger partial charge is 0.374 e. The molecular weight excluding hydrogens is 479 g/mol. The Bertz CT molecular complexity index is 1090. The first-order chi connectivity index (χ1) is 15.8. The number of hydrogen-bond donors (Lipinski definition) is 1. The van der Waals surface area contributed by atoms with Crippen LogP contribution in [-0.2, 0) is 0 Å². The zero-order valence-corrected chi connectivity index (χ0v) is 21.5. The number of hydrogen-bond acceptors (Lipinski definition) is 3. The van der Waals surface area contributed by atoms with E-state index >= 15 is 0 Å². The van der Waals surface area contributed by atoms with Crippen molar-refractivity contribution in [1.82, 2.24) is 15.1 Å². The van der Waals surface area contributed by atoms with Crippen molar-refractivity contribution in [1.29, 1.82) is 0 Å². The number of amides is 1. The molecule has 0 radical (unpaired) electrons. The van der Waals surface area contributed by atoms with Gasteiger partial charge in [0.1, 0.15) is 8.07 Å². The Morgan fingerprint density at radius 1 is 1.21 bits per heavy atom. The lowest BCUT2D eigenvalue weighted by atomic mass is 9.96. The van der Waals surface area contributed by atoms with Crippen molar-refractivity contribution >= 4 is 25.6 Å². The molecule has 1 aromatic rings. The fourth-order valence-electron chi connectivity index (χ4n) is 3.49. The van der Waals surface area contributed by atoms with Crippen molar-refractivity contribution < 1.29 is 18.0 Å². The summed E-state index contributed by atoms with van der Waals surface area (Å²) in [6, 6.07) is 3.80. The minimum atomic E-state index is -4.54. The Hall–Kier alpha value is -2.47. The Kier molecular flexibility index (Phi) is 8.01. The summed E-state index contributed by atoms with van der Waals surface area (Å²) >= 11 is 6.22. The van der Waals surface area contributed by atoms with Crippen LogP contribution in [0.4, 0.5) is 13.2 Å². The van der Waals surface area contributed by atoms with E-state index < -0.39 is 31.8 Å². The third kappa shape index (κ3) is 7.26. The number of likely N-dealkylation sites (N-methyl/N-ethyl adjacent to an activating group) is 1. The van der Waals surface area contributed by atoms with E-state index in [1.54, 1.807) is 24.4 Å². The van der Waals surface area contributed by atoms with Gasteiger partial charge >= 0.3 is 6.18 Å². The molecule has 4 nitrogen and oxygen atoms in total. The van der Waals surface area contributed by atoms with Gasteiger partial charge in [0.25, 0.3) is 5.91 Å². The number of benzene rings is 1. The third-order valence-electron chi connectivity index (χ3n) is 5.40. The van der Waals surface area contributed by atoms with Crippen molar-refractivity contribution in [3.05, 3.63) is 69.9 Å². The molecule has 1 atom stereocenters. The monoisotopic (exact) mass is 507 g/mol. The normalized spacial score (nSPS) is 20.6. The highest BCUT2D eigenvalue weighted by Crippen LogP contribution is 2.34. The maximum absolute atomic E-state index is 13.8. The quantitative estimate of drug-likeness (QED) is 0.469. The molecule has 3 rings (SSSR count). The highest BCUT2D eigenvalue weighted by molar-refractivity contribution is 6.83. The molecule has 9 heteroatoms. The van der Waals surface area contributed by atoms with Crippen LogP contribution >= 0.6 is 11.6 Å². The lowest BCUT2D eigenvalue weighted by Gasteiger charge is -2.32. The summed E-state index contributed by atoms with van der Waals surface area (Å²) in [6.07, 6.45) is 1.08. The van der Waals surface area contributed by atoms with Gasteiger partial charge in [-0.25, -0.2) is 0 Å². The van der Waals surface area contributed by atoms with Gasteiger partial charge in [0.15, 0.2) is 0 Å². The van der Waals surface area contributed by atoms with Gasteiger partial charge in [-0.3, -0.25) is 4.79 Å². The van der Waals surface area contributed by atoms with Gasteiger partial charge in [0.05, 0.1) is 16.6 Å². The number of carbonyl (C=O) groups is 1. The summed E-state index contributed by atoms with van der Waals surface area (Å²) in [4.78, 5) is 16.8. The van der Waals surface area contributed by atoms with E-state index in [2.05, 4.69) is 41.3 Å². The molecule has 182 valence electrons. The summed E-state index contributed by atoms with van der Waals surface area (Å²) in [7, 11) is 0.338. The number of alkyl halides is 3. The summed E-state index contributed by atoms with van der Waals surface area (Å²) in [5.41, 5.74) is 3.36. The first-order valence-corrected chi connectivity index (χ1v) is 15.0. The molecule has 1 aliphatic carbocycles. The minimum Gasteiger partial charge on any atom is -0.374 e. The van der Waals surface area contributed by atoms with Crippen molar-refractivity contribution in [2.45, 2.75) is 31.9 Å². The molecule has 2 aliphatic rings. The number of nitrogens with zero attached hydrogens (tertiary/aromatic N) is 2. The van der Waals surface area contributed by atoms with Crippen LogP contribution in [0.25, 0.3) is 0 Å². The first kappa shape index (κ1) is 26.1. The van der Waals surface area contributed by atoms with Crippen LogP contribution in [0.5, 0.6) is 0 Å². The highest BCUT2D eigenvalue weighted by Gasteiger charge is 2.37. The largest absolute Gasteiger partial charge is 0.416 e. The second-order valence-corrected chi connectivity index (χ2v) is 14.7. The molecule has 1 aromatic carbocycles. The summed E-state index contributed by atoms with van der Waals surface area (Å²) in [5, 5.41) is 3.08. The van der Waals surface area contributed by atoms with E-state index in [-0.39, 0.29) is 5.57 Å². The Balaban J connectivity index is 1.79. The lowest BCUT2D eigenvalue weighted by molar-refractivity contribution is -0.0895. The van der Waals surface area contributed by atoms with Crippen LogP contribution in [0, 0.1) is 11.5 Å². The topological polar surface area (TPSA) is 35.6 Å². The van der Waals surface area contributed by atoms with Gasteiger partial charge < -0.3 is 15.1 Å². The van der Waals surface area contributed by atoms with E-state index in [9.17, 15) is 18.0 Å². The van der Waals surface area contributed by atoms with Gasteiger partial charge in [-0.05, 0) is 31.3 Å². The molecule has 0 spiro atoms. The molecule has 1 heterocycles. The average Bonchev–Trinajstić information content (AvgIpc) is 2.74. The van der Waals surface area contributed by atoms with Crippen LogP contribution in [0.1, 0.15) is 15.9 Å². The van der Waals surface area contributed by atoms with E-state index in [1.165, 1.54) is 12.1 Å². The average molecular weight is 508 g/mol. The van der Waals surface area contributed by atoms with E-state index in [1.807, 2.05) is 11.9 Å². The molecule has 0 aromatic heterocycles. The molecule has 1 saturated heterocycles. The first-order valence-electron chi connectivity index (χ1n) is 11.1. The van der Waals surface area contributed by atoms with Gasteiger partial charge in [-0.15, -0.1) is 5.54 Å². The van der Waals surface area contributed by atoms with Crippen molar-refractivity contribution in [2.75, 3.05) is 33.2 Å². The van der Waals surface area contributed by atoms with E-state index in [4.69, 9.17) is 11.6 Å². The predicted octanol–water partition coefficient (Wildman–Crippen LogP) is 4.86.